The van der Waals surface area contributed by atoms with Gasteiger partial charge in [0.15, 0.2) is 0 Å². The Labute approximate surface area is 128 Å². The molecule has 2 aromatic rings. The molecule has 0 saturated carbocycles. The monoisotopic (exact) mass is 307 g/mol. The maximum absolute atomic E-state index is 12.4. The molecule has 6 heteroatoms. The standard InChI is InChI=1S/C15H18ClN3O2/c1-3-18(7-8-20)15(21)14-10-17-19(11(14)2)13-6-4-5-12(16)9-13/h4-6,9-10,20H,3,7-8H2,1-2H3. The zero-order chi connectivity index (χ0) is 15.4. The van der Waals surface area contributed by atoms with E-state index in [0.717, 1.165) is 11.4 Å². The van der Waals surface area contributed by atoms with Crippen LogP contribution in [0.2, 0.25) is 5.02 Å². The summed E-state index contributed by atoms with van der Waals surface area (Å²) >= 11 is 5.99. The average Bonchev–Trinajstić information content (AvgIpc) is 2.85. The number of hydrogen-bond donors (Lipinski definition) is 1. The Balaban J connectivity index is 2.34. The number of likely N-dealkylation sites (N-methyl/N-ethyl adjacent to an activating group) is 1. The number of amides is 1. The van der Waals surface area contributed by atoms with Crippen molar-refractivity contribution in [3.8, 4) is 5.69 Å². The number of rotatable bonds is 5. The number of benzene rings is 1. The van der Waals surface area contributed by atoms with Gasteiger partial charge in [0, 0.05) is 18.1 Å². The molecule has 112 valence electrons. The van der Waals surface area contributed by atoms with Gasteiger partial charge in [-0.15, -0.1) is 0 Å². The second kappa shape index (κ2) is 6.74. The molecule has 21 heavy (non-hydrogen) atoms. The van der Waals surface area contributed by atoms with Crippen molar-refractivity contribution in [2.75, 3.05) is 19.7 Å². The molecule has 0 radical (unpaired) electrons. The highest BCUT2D eigenvalue weighted by atomic mass is 35.5. The summed E-state index contributed by atoms with van der Waals surface area (Å²) in [5, 5.41) is 13.9. The molecule has 0 unspecified atom stereocenters. The van der Waals surface area contributed by atoms with E-state index in [1.54, 1.807) is 27.9 Å². The first-order valence-electron chi connectivity index (χ1n) is 6.79. The second-order valence-corrected chi connectivity index (χ2v) is 5.08. The van der Waals surface area contributed by atoms with Crippen LogP contribution in [0.5, 0.6) is 0 Å². The summed E-state index contributed by atoms with van der Waals surface area (Å²) in [5.74, 6) is -0.127. The van der Waals surface area contributed by atoms with E-state index in [1.165, 1.54) is 0 Å². The molecule has 1 aromatic carbocycles. The fraction of sp³-hybridized carbons (Fsp3) is 0.333. The predicted octanol–water partition coefficient (Wildman–Crippen LogP) is 2.29. The fourth-order valence-electron chi connectivity index (χ4n) is 2.18. The molecule has 0 saturated heterocycles. The Hall–Kier alpha value is -1.85. The third-order valence-corrected chi connectivity index (χ3v) is 3.57. The maximum atomic E-state index is 12.4. The van der Waals surface area contributed by atoms with Gasteiger partial charge in [0.2, 0.25) is 0 Å². The molecule has 0 spiro atoms. The molecule has 0 aliphatic carbocycles. The van der Waals surface area contributed by atoms with Crippen LogP contribution < -0.4 is 0 Å². The van der Waals surface area contributed by atoms with Crippen LogP contribution in [-0.2, 0) is 0 Å². The van der Waals surface area contributed by atoms with Crippen molar-refractivity contribution >= 4 is 17.5 Å². The Morgan fingerprint density at radius 3 is 2.86 bits per heavy atom. The van der Waals surface area contributed by atoms with Crippen LogP contribution in [0.15, 0.2) is 30.5 Å². The fourth-order valence-corrected chi connectivity index (χ4v) is 2.37. The number of aromatic nitrogens is 2. The summed E-state index contributed by atoms with van der Waals surface area (Å²) < 4.78 is 1.69. The number of hydrogen-bond acceptors (Lipinski definition) is 3. The molecule has 0 fully saturated rings. The molecule has 1 N–H and O–H groups in total. The molecule has 0 bridgehead atoms. The zero-order valence-corrected chi connectivity index (χ0v) is 12.8. The summed E-state index contributed by atoms with van der Waals surface area (Å²) in [6.45, 7) is 4.53. The topological polar surface area (TPSA) is 58.4 Å². The Bertz CT molecular complexity index is 640. The van der Waals surface area contributed by atoms with Crippen molar-refractivity contribution in [3.05, 3.63) is 46.7 Å². The molecular weight excluding hydrogens is 290 g/mol. The lowest BCUT2D eigenvalue weighted by Gasteiger charge is -2.19. The quantitative estimate of drug-likeness (QED) is 0.922. The van der Waals surface area contributed by atoms with Crippen LogP contribution >= 0.6 is 11.6 Å². The van der Waals surface area contributed by atoms with Crippen molar-refractivity contribution in [2.45, 2.75) is 13.8 Å². The van der Waals surface area contributed by atoms with Crippen molar-refractivity contribution in [2.24, 2.45) is 0 Å². The predicted molar refractivity (Wildman–Crippen MR) is 82.0 cm³/mol. The molecule has 0 aliphatic rings. The second-order valence-electron chi connectivity index (χ2n) is 4.64. The molecule has 1 heterocycles. The summed E-state index contributed by atoms with van der Waals surface area (Å²) in [5.41, 5.74) is 2.09. The number of nitrogens with zero attached hydrogens (tertiary/aromatic N) is 3. The molecule has 2 rings (SSSR count). The molecule has 1 aromatic heterocycles. The highest BCUT2D eigenvalue weighted by molar-refractivity contribution is 6.30. The summed E-state index contributed by atoms with van der Waals surface area (Å²) in [4.78, 5) is 14.0. The van der Waals surface area contributed by atoms with Gasteiger partial charge in [0.05, 0.1) is 29.7 Å². The Morgan fingerprint density at radius 2 is 2.24 bits per heavy atom. The largest absolute Gasteiger partial charge is 0.395 e. The minimum atomic E-state index is -0.127. The first kappa shape index (κ1) is 15.5. The summed E-state index contributed by atoms with van der Waals surface area (Å²) in [6.07, 6.45) is 1.55. The normalized spacial score (nSPS) is 10.7. The smallest absolute Gasteiger partial charge is 0.257 e. The zero-order valence-electron chi connectivity index (χ0n) is 12.1. The lowest BCUT2D eigenvalue weighted by molar-refractivity contribution is 0.0731. The van der Waals surface area contributed by atoms with Gasteiger partial charge in [-0.2, -0.15) is 5.10 Å². The molecule has 0 aliphatic heterocycles. The third-order valence-electron chi connectivity index (χ3n) is 3.33. The van der Waals surface area contributed by atoms with Crippen molar-refractivity contribution in [1.82, 2.24) is 14.7 Å². The van der Waals surface area contributed by atoms with Gasteiger partial charge < -0.3 is 10.0 Å². The molecule has 0 atom stereocenters. The first-order chi connectivity index (χ1) is 10.1. The Kier molecular flexibility index (Phi) is 4.98. The van der Waals surface area contributed by atoms with Crippen LogP contribution in [0.4, 0.5) is 0 Å². The lowest BCUT2D eigenvalue weighted by atomic mass is 10.2. The van der Waals surface area contributed by atoms with E-state index in [-0.39, 0.29) is 12.5 Å². The minimum Gasteiger partial charge on any atom is -0.395 e. The van der Waals surface area contributed by atoms with Crippen LogP contribution in [0.1, 0.15) is 23.0 Å². The van der Waals surface area contributed by atoms with Gasteiger partial charge in [0.25, 0.3) is 5.91 Å². The van der Waals surface area contributed by atoms with Crippen LogP contribution in [-0.4, -0.2) is 45.4 Å². The number of aliphatic hydroxyl groups excluding tert-OH is 1. The summed E-state index contributed by atoms with van der Waals surface area (Å²) in [7, 11) is 0. The lowest BCUT2D eigenvalue weighted by Crippen LogP contribution is -2.33. The van der Waals surface area contributed by atoms with E-state index in [0.29, 0.717) is 23.7 Å². The van der Waals surface area contributed by atoms with E-state index in [9.17, 15) is 4.79 Å². The summed E-state index contributed by atoms with van der Waals surface area (Å²) in [6, 6.07) is 7.30. The van der Waals surface area contributed by atoms with Crippen molar-refractivity contribution < 1.29 is 9.90 Å². The SMILES string of the molecule is CCN(CCO)C(=O)c1cnn(-c2cccc(Cl)c2)c1C. The highest BCUT2D eigenvalue weighted by Gasteiger charge is 2.19. The van der Waals surface area contributed by atoms with Gasteiger partial charge >= 0.3 is 0 Å². The number of halogens is 1. The number of aliphatic hydroxyl groups is 1. The van der Waals surface area contributed by atoms with E-state index in [4.69, 9.17) is 16.7 Å². The van der Waals surface area contributed by atoms with Crippen molar-refractivity contribution in [3.63, 3.8) is 0 Å². The van der Waals surface area contributed by atoms with Crippen molar-refractivity contribution in [1.29, 1.82) is 0 Å². The highest BCUT2D eigenvalue weighted by Crippen LogP contribution is 2.18. The van der Waals surface area contributed by atoms with Crippen LogP contribution in [0.3, 0.4) is 0 Å². The van der Waals surface area contributed by atoms with E-state index < -0.39 is 0 Å². The minimum absolute atomic E-state index is 0.0545. The molecular formula is C15H18ClN3O2. The molecule has 1 amide bonds. The van der Waals surface area contributed by atoms with Gasteiger partial charge in [-0.25, -0.2) is 4.68 Å². The van der Waals surface area contributed by atoms with Gasteiger partial charge in [0.1, 0.15) is 0 Å². The van der Waals surface area contributed by atoms with E-state index >= 15 is 0 Å². The Morgan fingerprint density at radius 1 is 1.48 bits per heavy atom. The third kappa shape index (κ3) is 3.25. The van der Waals surface area contributed by atoms with Crippen LogP contribution in [0.25, 0.3) is 5.69 Å². The number of carbonyl (C=O) groups excluding carboxylic acids is 1. The van der Waals surface area contributed by atoms with Gasteiger partial charge in [-0.1, -0.05) is 17.7 Å². The van der Waals surface area contributed by atoms with Gasteiger partial charge in [-0.05, 0) is 32.0 Å². The average molecular weight is 308 g/mol. The van der Waals surface area contributed by atoms with E-state index in [1.807, 2.05) is 26.0 Å². The van der Waals surface area contributed by atoms with Crippen LogP contribution in [0, 0.1) is 6.92 Å². The first-order valence-corrected chi connectivity index (χ1v) is 7.17. The molecule has 5 nitrogen and oxygen atoms in total. The maximum Gasteiger partial charge on any atom is 0.257 e. The number of carbonyl (C=O) groups is 1. The van der Waals surface area contributed by atoms with E-state index in [2.05, 4.69) is 5.10 Å². The van der Waals surface area contributed by atoms with Gasteiger partial charge in [-0.3, -0.25) is 4.79 Å².